The first-order valence-electron chi connectivity index (χ1n) is 6.62. The van der Waals surface area contributed by atoms with Crippen molar-refractivity contribution in [1.29, 1.82) is 0 Å². The molecule has 0 radical (unpaired) electrons. The standard InChI is InChI=1S/C15H15NO4S/c17-12-6-8-13(9-7-12)21(18,19)16-10-3-11-20-15-5-2-1-4-14(15)16/h1-2,4-9,17H,3,10-11H2. The molecule has 1 heterocycles. The fourth-order valence-electron chi connectivity index (χ4n) is 2.29. The molecule has 0 saturated carbocycles. The number of benzene rings is 2. The molecule has 0 saturated heterocycles. The molecule has 2 aromatic carbocycles. The lowest BCUT2D eigenvalue weighted by Crippen LogP contribution is -2.31. The van der Waals surface area contributed by atoms with E-state index in [1.807, 2.05) is 6.07 Å². The minimum atomic E-state index is -3.67. The minimum absolute atomic E-state index is 0.0357. The summed E-state index contributed by atoms with van der Waals surface area (Å²) in [6.07, 6.45) is 0.617. The Morgan fingerprint density at radius 1 is 1.05 bits per heavy atom. The Kier molecular flexibility index (Phi) is 3.47. The summed E-state index contributed by atoms with van der Waals surface area (Å²) in [6.45, 7) is 0.846. The van der Waals surface area contributed by atoms with Crippen LogP contribution >= 0.6 is 0 Å². The average Bonchev–Trinajstić information content (AvgIpc) is 2.70. The molecular formula is C15H15NO4S. The van der Waals surface area contributed by atoms with Crippen LogP contribution in [0.5, 0.6) is 11.5 Å². The topological polar surface area (TPSA) is 66.8 Å². The van der Waals surface area contributed by atoms with Gasteiger partial charge in [0.05, 0.1) is 17.2 Å². The number of aromatic hydroxyl groups is 1. The maximum absolute atomic E-state index is 12.8. The van der Waals surface area contributed by atoms with Gasteiger partial charge in [0, 0.05) is 13.0 Å². The summed E-state index contributed by atoms with van der Waals surface area (Å²) in [7, 11) is -3.67. The second-order valence-electron chi connectivity index (χ2n) is 4.74. The third-order valence-electron chi connectivity index (χ3n) is 3.32. The van der Waals surface area contributed by atoms with Crippen LogP contribution in [0.4, 0.5) is 5.69 Å². The van der Waals surface area contributed by atoms with Gasteiger partial charge in [0.25, 0.3) is 10.0 Å². The van der Waals surface area contributed by atoms with Gasteiger partial charge in [0.15, 0.2) is 0 Å². The summed E-state index contributed by atoms with van der Waals surface area (Å²) in [5.41, 5.74) is 0.545. The molecule has 110 valence electrons. The molecule has 0 fully saturated rings. The Morgan fingerprint density at radius 2 is 1.76 bits per heavy atom. The Labute approximate surface area is 123 Å². The summed E-state index contributed by atoms with van der Waals surface area (Å²) in [5.74, 6) is 0.603. The number of nitrogens with zero attached hydrogens (tertiary/aromatic N) is 1. The normalized spacial score (nSPS) is 15.0. The van der Waals surface area contributed by atoms with Crippen LogP contribution in [-0.2, 0) is 10.0 Å². The third-order valence-corrected chi connectivity index (χ3v) is 5.15. The van der Waals surface area contributed by atoms with Crippen LogP contribution < -0.4 is 9.04 Å². The smallest absolute Gasteiger partial charge is 0.264 e. The van der Waals surface area contributed by atoms with E-state index in [0.717, 1.165) is 0 Å². The number of fused-ring (bicyclic) bond motifs is 1. The maximum Gasteiger partial charge on any atom is 0.264 e. The zero-order valence-corrected chi connectivity index (χ0v) is 12.1. The first-order chi connectivity index (χ1) is 10.1. The van der Waals surface area contributed by atoms with E-state index >= 15 is 0 Å². The van der Waals surface area contributed by atoms with E-state index in [2.05, 4.69) is 0 Å². The predicted molar refractivity (Wildman–Crippen MR) is 79.2 cm³/mol. The van der Waals surface area contributed by atoms with Crippen LogP contribution in [0.25, 0.3) is 0 Å². The lowest BCUT2D eigenvalue weighted by Gasteiger charge is -2.23. The molecule has 3 rings (SSSR count). The van der Waals surface area contributed by atoms with Crippen molar-refractivity contribution < 1.29 is 18.3 Å². The van der Waals surface area contributed by atoms with Gasteiger partial charge >= 0.3 is 0 Å². The van der Waals surface area contributed by atoms with Crippen LogP contribution in [0.1, 0.15) is 6.42 Å². The number of sulfonamides is 1. The van der Waals surface area contributed by atoms with Gasteiger partial charge in [-0.3, -0.25) is 4.31 Å². The molecule has 0 bridgehead atoms. The lowest BCUT2D eigenvalue weighted by atomic mass is 10.3. The fourth-order valence-corrected chi connectivity index (χ4v) is 3.80. The van der Waals surface area contributed by atoms with Crippen molar-refractivity contribution in [2.45, 2.75) is 11.3 Å². The highest BCUT2D eigenvalue weighted by atomic mass is 32.2. The van der Waals surface area contributed by atoms with Crippen molar-refractivity contribution >= 4 is 15.7 Å². The Hall–Kier alpha value is -2.21. The summed E-state index contributed by atoms with van der Waals surface area (Å²) >= 11 is 0. The number of ether oxygens (including phenoxy) is 1. The van der Waals surface area contributed by atoms with Gasteiger partial charge in [-0.05, 0) is 36.4 Å². The Balaban J connectivity index is 2.08. The molecule has 0 amide bonds. The first-order valence-corrected chi connectivity index (χ1v) is 8.07. The molecule has 0 unspecified atom stereocenters. The highest BCUT2D eigenvalue weighted by molar-refractivity contribution is 7.92. The molecule has 0 spiro atoms. The molecule has 0 atom stereocenters. The average molecular weight is 305 g/mol. The van der Waals surface area contributed by atoms with Crippen molar-refractivity contribution in [3.05, 3.63) is 48.5 Å². The molecule has 1 N–H and O–H groups in total. The molecule has 1 aliphatic heterocycles. The van der Waals surface area contributed by atoms with E-state index in [-0.39, 0.29) is 10.6 Å². The van der Waals surface area contributed by atoms with Crippen LogP contribution in [-0.4, -0.2) is 26.7 Å². The number of para-hydroxylation sites is 2. The van der Waals surface area contributed by atoms with E-state index in [9.17, 15) is 13.5 Å². The molecule has 1 aliphatic rings. The SMILES string of the molecule is O=S(=O)(c1ccc(O)cc1)N1CCCOc2ccccc21. The largest absolute Gasteiger partial charge is 0.508 e. The minimum Gasteiger partial charge on any atom is -0.508 e. The number of phenolic OH excluding ortho intramolecular Hbond substituents is 1. The summed E-state index contributed by atoms with van der Waals surface area (Å²) < 4.78 is 32.6. The summed E-state index contributed by atoms with van der Waals surface area (Å²) in [4.78, 5) is 0.150. The number of rotatable bonds is 2. The first kappa shape index (κ1) is 13.8. The quantitative estimate of drug-likeness (QED) is 0.925. The molecule has 5 nitrogen and oxygen atoms in total. The summed E-state index contributed by atoms with van der Waals surface area (Å²) in [5, 5.41) is 9.31. The van der Waals surface area contributed by atoms with Crippen molar-refractivity contribution in [1.82, 2.24) is 0 Å². The highest BCUT2D eigenvalue weighted by Crippen LogP contribution is 2.34. The predicted octanol–water partition coefficient (Wildman–Crippen LogP) is 2.37. The van der Waals surface area contributed by atoms with E-state index < -0.39 is 10.0 Å². The number of hydrogen-bond acceptors (Lipinski definition) is 4. The van der Waals surface area contributed by atoms with Crippen molar-refractivity contribution in [2.24, 2.45) is 0 Å². The van der Waals surface area contributed by atoms with Crippen LogP contribution in [0.3, 0.4) is 0 Å². The van der Waals surface area contributed by atoms with Crippen LogP contribution in [0, 0.1) is 0 Å². The molecule has 2 aromatic rings. The zero-order valence-electron chi connectivity index (χ0n) is 11.3. The van der Waals surface area contributed by atoms with Gasteiger partial charge in [-0.1, -0.05) is 12.1 Å². The molecule has 0 aromatic heterocycles. The maximum atomic E-state index is 12.8. The monoisotopic (exact) mass is 305 g/mol. The van der Waals surface area contributed by atoms with Crippen molar-refractivity contribution in [3.8, 4) is 11.5 Å². The van der Waals surface area contributed by atoms with Gasteiger partial charge < -0.3 is 9.84 Å². The van der Waals surface area contributed by atoms with Gasteiger partial charge in [-0.2, -0.15) is 0 Å². The fraction of sp³-hybridized carbons (Fsp3) is 0.200. The Bertz CT molecular complexity index is 741. The Morgan fingerprint density at radius 3 is 2.52 bits per heavy atom. The lowest BCUT2D eigenvalue weighted by molar-refractivity contribution is 0.322. The van der Waals surface area contributed by atoms with Gasteiger partial charge in [-0.25, -0.2) is 8.42 Å². The van der Waals surface area contributed by atoms with E-state index in [4.69, 9.17) is 4.74 Å². The third kappa shape index (κ3) is 2.54. The van der Waals surface area contributed by atoms with Crippen LogP contribution in [0.2, 0.25) is 0 Å². The van der Waals surface area contributed by atoms with Crippen molar-refractivity contribution in [3.63, 3.8) is 0 Å². The number of anilines is 1. The second kappa shape index (κ2) is 5.29. The van der Waals surface area contributed by atoms with Gasteiger partial charge in [0.1, 0.15) is 11.5 Å². The van der Waals surface area contributed by atoms with Crippen molar-refractivity contribution in [2.75, 3.05) is 17.5 Å². The molecule has 0 aliphatic carbocycles. The number of phenols is 1. The van der Waals surface area contributed by atoms with Crippen LogP contribution in [0.15, 0.2) is 53.4 Å². The summed E-state index contributed by atoms with van der Waals surface area (Å²) in [6, 6.07) is 12.6. The molecular weight excluding hydrogens is 290 g/mol. The second-order valence-corrected chi connectivity index (χ2v) is 6.60. The molecule has 6 heteroatoms. The van der Waals surface area contributed by atoms with E-state index in [1.54, 1.807) is 18.2 Å². The van der Waals surface area contributed by atoms with E-state index in [0.29, 0.717) is 31.0 Å². The number of hydrogen-bond donors (Lipinski definition) is 1. The van der Waals surface area contributed by atoms with Gasteiger partial charge in [-0.15, -0.1) is 0 Å². The van der Waals surface area contributed by atoms with E-state index in [1.165, 1.54) is 28.6 Å². The van der Waals surface area contributed by atoms with Gasteiger partial charge in [0.2, 0.25) is 0 Å². The zero-order chi connectivity index (χ0) is 14.9. The highest BCUT2D eigenvalue weighted by Gasteiger charge is 2.28. The molecule has 21 heavy (non-hydrogen) atoms.